The lowest BCUT2D eigenvalue weighted by Gasteiger charge is -2.23. The van der Waals surface area contributed by atoms with Gasteiger partial charge in [0.25, 0.3) is 0 Å². The molecule has 1 aliphatic heterocycles. The highest BCUT2D eigenvalue weighted by atomic mass is 16.5. The van der Waals surface area contributed by atoms with Crippen molar-refractivity contribution in [1.29, 1.82) is 0 Å². The molecule has 1 aromatic rings. The molecular formula is C15H27N3O. The van der Waals surface area contributed by atoms with Gasteiger partial charge in [0.2, 0.25) is 0 Å². The van der Waals surface area contributed by atoms with Crippen molar-refractivity contribution in [1.82, 2.24) is 15.1 Å². The molecule has 1 aromatic heterocycles. The maximum atomic E-state index is 5.53. The van der Waals surface area contributed by atoms with Gasteiger partial charge < -0.3 is 10.1 Å². The van der Waals surface area contributed by atoms with Crippen LogP contribution in [0, 0.1) is 5.92 Å². The maximum absolute atomic E-state index is 5.53. The van der Waals surface area contributed by atoms with E-state index in [2.05, 4.69) is 43.4 Å². The second-order valence-corrected chi connectivity index (χ2v) is 5.77. The standard InChI is InChI=1S/C15H27N3O/c1-4-7-16-15(13-6-9-19-11-13)10-14-5-8-18(17-14)12(2)3/h5,8,12-13,15-16H,4,6-7,9-11H2,1-3H3. The molecule has 1 aliphatic rings. The zero-order valence-corrected chi connectivity index (χ0v) is 12.4. The normalized spacial score (nSPS) is 21.2. The SMILES string of the molecule is CCCNC(Cc1ccn(C(C)C)n1)C1CCOC1. The zero-order valence-electron chi connectivity index (χ0n) is 12.4. The molecule has 4 nitrogen and oxygen atoms in total. The lowest BCUT2D eigenvalue weighted by atomic mass is 9.95. The van der Waals surface area contributed by atoms with E-state index in [4.69, 9.17) is 4.74 Å². The Morgan fingerprint density at radius 2 is 2.37 bits per heavy atom. The fourth-order valence-electron chi connectivity index (χ4n) is 2.60. The Bertz CT molecular complexity index is 369. The molecule has 2 unspecified atom stereocenters. The highest BCUT2D eigenvalue weighted by Gasteiger charge is 2.26. The molecule has 0 spiro atoms. The average molecular weight is 265 g/mol. The van der Waals surface area contributed by atoms with Crippen molar-refractivity contribution in [3.63, 3.8) is 0 Å². The first-order chi connectivity index (χ1) is 9.20. The summed E-state index contributed by atoms with van der Waals surface area (Å²) in [6, 6.07) is 3.08. The predicted molar refractivity (Wildman–Crippen MR) is 77.3 cm³/mol. The summed E-state index contributed by atoms with van der Waals surface area (Å²) in [5.74, 6) is 0.635. The first kappa shape index (κ1) is 14.5. The second-order valence-electron chi connectivity index (χ2n) is 5.77. The second kappa shape index (κ2) is 7.06. The van der Waals surface area contributed by atoms with E-state index >= 15 is 0 Å². The molecule has 4 heteroatoms. The van der Waals surface area contributed by atoms with Crippen LogP contribution in [0.1, 0.15) is 45.3 Å². The molecule has 1 N–H and O–H groups in total. The van der Waals surface area contributed by atoms with Crippen molar-refractivity contribution in [3.05, 3.63) is 18.0 Å². The van der Waals surface area contributed by atoms with E-state index in [0.717, 1.165) is 26.2 Å². The molecule has 0 bridgehead atoms. The minimum absolute atomic E-state index is 0.436. The van der Waals surface area contributed by atoms with E-state index in [-0.39, 0.29) is 0 Å². The Labute approximate surface area is 116 Å². The van der Waals surface area contributed by atoms with Crippen LogP contribution in [0.15, 0.2) is 12.3 Å². The molecule has 0 aliphatic carbocycles. The quantitative estimate of drug-likeness (QED) is 0.823. The molecule has 0 aromatic carbocycles. The maximum Gasteiger partial charge on any atom is 0.0640 e. The topological polar surface area (TPSA) is 39.1 Å². The number of hydrogen-bond acceptors (Lipinski definition) is 3. The first-order valence-electron chi connectivity index (χ1n) is 7.56. The van der Waals surface area contributed by atoms with E-state index in [1.807, 2.05) is 4.68 Å². The lowest BCUT2D eigenvalue weighted by molar-refractivity contribution is 0.176. The third kappa shape index (κ3) is 4.05. The summed E-state index contributed by atoms with van der Waals surface area (Å²) in [5.41, 5.74) is 1.19. The Kier molecular flexibility index (Phi) is 5.40. The number of ether oxygens (including phenoxy) is 1. The fourth-order valence-corrected chi connectivity index (χ4v) is 2.60. The third-order valence-electron chi connectivity index (χ3n) is 3.81. The van der Waals surface area contributed by atoms with Crippen molar-refractivity contribution < 1.29 is 4.74 Å². The van der Waals surface area contributed by atoms with Gasteiger partial charge in [-0.15, -0.1) is 0 Å². The molecule has 1 fully saturated rings. The van der Waals surface area contributed by atoms with Gasteiger partial charge in [-0.3, -0.25) is 4.68 Å². The average Bonchev–Trinajstić information content (AvgIpc) is 3.05. The summed E-state index contributed by atoms with van der Waals surface area (Å²) in [5, 5.41) is 8.33. The van der Waals surface area contributed by atoms with E-state index < -0.39 is 0 Å². The van der Waals surface area contributed by atoms with Crippen LogP contribution in [0.5, 0.6) is 0 Å². The van der Waals surface area contributed by atoms with Gasteiger partial charge in [-0.1, -0.05) is 6.92 Å². The number of rotatable bonds is 7. The molecule has 0 radical (unpaired) electrons. The summed E-state index contributed by atoms with van der Waals surface area (Å²) in [6.07, 6.45) is 5.44. The van der Waals surface area contributed by atoms with Crippen molar-refractivity contribution in [2.75, 3.05) is 19.8 Å². The van der Waals surface area contributed by atoms with Crippen molar-refractivity contribution in [2.45, 2.75) is 52.1 Å². The van der Waals surface area contributed by atoms with Gasteiger partial charge in [0.15, 0.2) is 0 Å². The van der Waals surface area contributed by atoms with Gasteiger partial charge >= 0.3 is 0 Å². The summed E-state index contributed by atoms with van der Waals surface area (Å²) >= 11 is 0. The smallest absolute Gasteiger partial charge is 0.0640 e. The van der Waals surface area contributed by atoms with E-state index in [1.54, 1.807) is 0 Å². The van der Waals surface area contributed by atoms with Gasteiger partial charge in [-0.25, -0.2) is 0 Å². The Hall–Kier alpha value is -0.870. The van der Waals surface area contributed by atoms with Gasteiger partial charge in [-0.05, 0) is 39.3 Å². The zero-order chi connectivity index (χ0) is 13.7. The molecule has 2 heterocycles. The number of aromatic nitrogens is 2. The molecule has 0 saturated carbocycles. The van der Waals surface area contributed by atoms with E-state index in [9.17, 15) is 0 Å². The first-order valence-corrected chi connectivity index (χ1v) is 7.56. The van der Waals surface area contributed by atoms with Crippen LogP contribution in [-0.2, 0) is 11.2 Å². The Balaban J connectivity index is 1.97. The minimum Gasteiger partial charge on any atom is -0.381 e. The summed E-state index contributed by atoms with van der Waals surface area (Å²) in [7, 11) is 0. The van der Waals surface area contributed by atoms with Gasteiger partial charge in [0.05, 0.1) is 12.3 Å². The third-order valence-corrected chi connectivity index (χ3v) is 3.81. The molecule has 108 valence electrons. The highest BCUT2D eigenvalue weighted by molar-refractivity contribution is 5.03. The summed E-state index contributed by atoms with van der Waals surface area (Å²) < 4.78 is 7.57. The minimum atomic E-state index is 0.436. The van der Waals surface area contributed by atoms with Crippen molar-refractivity contribution in [2.24, 2.45) is 5.92 Å². The molecule has 2 atom stereocenters. The lowest BCUT2D eigenvalue weighted by Crippen LogP contribution is -2.39. The van der Waals surface area contributed by atoms with Gasteiger partial charge in [-0.2, -0.15) is 5.10 Å². The van der Waals surface area contributed by atoms with Gasteiger partial charge in [0.1, 0.15) is 0 Å². The molecular weight excluding hydrogens is 238 g/mol. The predicted octanol–water partition coefficient (Wildman–Crippen LogP) is 2.41. The summed E-state index contributed by atoms with van der Waals surface area (Å²) in [4.78, 5) is 0. The van der Waals surface area contributed by atoms with E-state index in [1.165, 1.54) is 18.5 Å². The number of nitrogens with one attached hydrogen (secondary N) is 1. The van der Waals surface area contributed by atoms with Crippen LogP contribution in [0.25, 0.3) is 0 Å². The molecule has 2 rings (SSSR count). The highest BCUT2D eigenvalue weighted by Crippen LogP contribution is 2.20. The van der Waals surface area contributed by atoms with Crippen molar-refractivity contribution in [3.8, 4) is 0 Å². The monoisotopic (exact) mass is 265 g/mol. The van der Waals surface area contributed by atoms with Crippen LogP contribution in [0.3, 0.4) is 0 Å². The van der Waals surface area contributed by atoms with Crippen LogP contribution < -0.4 is 5.32 Å². The Morgan fingerprint density at radius 1 is 1.53 bits per heavy atom. The van der Waals surface area contributed by atoms with Crippen LogP contribution >= 0.6 is 0 Å². The largest absolute Gasteiger partial charge is 0.381 e. The molecule has 1 saturated heterocycles. The summed E-state index contributed by atoms with van der Waals surface area (Å²) in [6.45, 7) is 9.42. The van der Waals surface area contributed by atoms with Gasteiger partial charge in [0, 0.05) is 37.2 Å². The Morgan fingerprint density at radius 3 is 2.95 bits per heavy atom. The number of nitrogens with zero attached hydrogens (tertiary/aromatic N) is 2. The van der Waals surface area contributed by atoms with Crippen molar-refractivity contribution >= 4 is 0 Å². The molecule has 0 amide bonds. The van der Waals surface area contributed by atoms with E-state index in [0.29, 0.717) is 18.0 Å². The van der Waals surface area contributed by atoms with Crippen LogP contribution in [0.4, 0.5) is 0 Å². The van der Waals surface area contributed by atoms with Crippen LogP contribution in [-0.4, -0.2) is 35.6 Å². The molecule has 19 heavy (non-hydrogen) atoms. The fraction of sp³-hybridized carbons (Fsp3) is 0.800. The number of hydrogen-bond donors (Lipinski definition) is 1. The van der Waals surface area contributed by atoms with Crippen LogP contribution in [0.2, 0.25) is 0 Å².